The van der Waals surface area contributed by atoms with Crippen molar-refractivity contribution < 1.29 is 19.1 Å². The highest BCUT2D eigenvalue weighted by Gasteiger charge is 2.34. The average molecular weight is 417 g/mol. The van der Waals surface area contributed by atoms with Crippen LogP contribution in [0.1, 0.15) is 69.2 Å². The number of carbonyl (C=O) groups is 2. The van der Waals surface area contributed by atoms with Gasteiger partial charge in [0.05, 0.1) is 14.2 Å². The molecule has 3 unspecified atom stereocenters. The Labute approximate surface area is 180 Å². The van der Waals surface area contributed by atoms with E-state index in [9.17, 15) is 9.59 Å². The third-order valence-electron chi connectivity index (χ3n) is 6.74. The van der Waals surface area contributed by atoms with Gasteiger partial charge in [-0.05, 0) is 49.1 Å². The van der Waals surface area contributed by atoms with Crippen LogP contribution in [-0.4, -0.2) is 38.1 Å². The molecule has 3 rings (SSSR count). The third kappa shape index (κ3) is 5.46. The van der Waals surface area contributed by atoms with Crippen molar-refractivity contribution in [3.8, 4) is 11.5 Å². The molecule has 2 N–H and O–H groups in total. The Morgan fingerprint density at radius 2 is 1.57 bits per heavy atom. The van der Waals surface area contributed by atoms with Gasteiger partial charge in [-0.2, -0.15) is 0 Å². The Balaban J connectivity index is 1.64. The molecule has 166 valence electrons. The van der Waals surface area contributed by atoms with Crippen LogP contribution in [0.15, 0.2) is 18.2 Å². The van der Waals surface area contributed by atoms with Crippen LogP contribution < -0.4 is 20.1 Å². The molecule has 4 atom stereocenters. The van der Waals surface area contributed by atoms with Gasteiger partial charge in [0.1, 0.15) is 17.5 Å². The topological polar surface area (TPSA) is 76.7 Å². The zero-order valence-electron chi connectivity index (χ0n) is 18.7. The van der Waals surface area contributed by atoms with Gasteiger partial charge in [-0.3, -0.25) is 9.59 Å². The molecule has 0 saturated heterocycles. The lowest BCUT2D eigenvalue weighted by Gasteiger charge is -2.40. The minimum Gasteiger partial charge on any atom is -0.497 e. The molecule has 1 aromatic carbocycles. The van der Waals surface area contributed by atoms with Gasteiger partial charge in [-0.1, -0.05) is 39.5 Å². The molecule has 6 nitrogen and oxygen atoms in total. The van der Waals surface area contributed by atoms with Gasteiger partial charge in [0.15, 0.2) is 0 Å². The molecule has 1 aromatic rings. The Kier molecular flexibility index (Phi) is 7.62. The fraction of sp³-hybridized carbons (Fsp3) is 0.667. The van der Waals surface area contributed by atoms with Crippen molar-refractivity contribution in [3.63, 3.8) is 0 Å². The number of hydrogen-bond acceptors (Lipinski definition) is 4. The van der Waals surface area contributed by atoms with E-state index in [1.807, 2.05) is 13.8 Å². The Hall–Kier alpha value is -2.24. The molecule has 2 aliphatic carbocycles. The Bertz CT molecular complexity index is 726. The summed E-state index contributed by atoms with van der Waals surface area (Å²) in [7, 11) is 3.09. The lowest BCUT2D eigenvalue weighted by Crippen LogP contribution is -2.53. The predicted octanol–water partition coefficient (Wildman–Crippen LogP) is 3.93. The zero-order valence-corrected chi connectivity index (χ0v) is 18.7. The van der Waals surface area contributed by atoms with E-state index in [0.717, 1.165) is 24.7 Å². The average Bonchev–Trinajstić information content (AvgIpc) is 2.76. The molecule has 0 aliphatic heterocycles. The van der Waals surface area contributed by atoms with Crippen molar-refractivity contribution in [1.29, 1.82) is 0 Å². The molecule has 2 amide bonds. The standard InChI is InChI=1S/C24H36N2O4/c1-15(2)22(26-23(27)18-12-20(29-3)14-21(13-18)30-4)24(28)25-19-10-9-16-7-5-6-8-17(16)11-19/h12-17,19,22H,5-11H2,1-4H3,(H,25,28)(H,26,27)/t16?,17?,19?,22-/m1/s1. The van der Waals surface area contributed by atoms with Crippen LogP contribution in [0.2, 0.25) is 0 Å². The van der Waals surface area contributed by atoms with E-state index in [1.165, 1.54) is 32.1 Å². The first-order valence-electron chi connectivity index (χ1n) is 11.3. The van der Waals surface area contributed by atoms with Crippen LogP contribution in [0.4, 0.5) is 0 Å². The summed E-state index contributed by atoms with van der Waals surface area (Å²) in [4.78, 5) is 25.9. The van der Waals surface area contributed by atoms with Gasteiger partial charge in [0, 0.05) is 17.7 Å². The fourth-order valence-electron chi connectivity index (χ4n) is 4.99. The number of methoxy groups -OCH3 is 2. The Morgan fingerprint density at radius 1 is 0.933 bits per heavy atom. The van der Waals surface area contributed by atoms with Crippen molar-refractivity contribution in [2.45, 2.75) is 70.9 Å². The summed E-state index contributed by atoms with van der Waals surface area (Å²) in [6.45, 7) is 3.91. The van der Waals surface area contributed by atoms with E-state index in [1.54, 1.807) is 32.4 Å². The zero-order chi connectivity index (χ0) is 21.7. The number of fused-ring (bicyclic) bond motifs is 1. The number of amides is 2. The summed E-state index contributed by atoms with van der Waals surface area (Å²) in [5, 5.41) is 6.15. The van der Waals surface area contributed by atoms with Gasteiger partial charge >= 0.3 is 0 Å². The van der Waals surface area contributed by atoms with E-state index in [4.69, 9.17) is 9.47 Å². The van der Waals surface area contributed by atoms with Crippen LogP contribution in [0.5, 0.6) is 11.5 Å². The molecule has 2 saturated carbocycles. The summed E-state index contributed by atoms with van der Waals surface area (Å²) < 4.78 is 10.5. The maximum Gasteiger partial charge on any atom is 0.252 e. The minimum atomic E-state index is -0.584. The highest BCUT2D eigenvalue weighted by molar-refractivity contribution is 5.98. The fourth-order valence-corrected chi connectivity index (χ4v) is 4.99. The van der Waals surface area contributed by atoms with Gasteiger partial charge in [0.2, 0.25) is 5.91 Å². The first-order valence-corrected chi connectivity index (χ1v) is 11.3. The molecule has 2 aliphatic rings. The third-order valence-corrected chi connectivity index (χ3v) is 6.74. The first-order chi connectivity index (χ1) is 14.4. The maximum absolute atomic E-state index is 13.1. The molecular weight excluding hydrogens is 380 g/mol. The van der Waals surface area contributed by atoms with Crippen LogP contribution in [0, 0.1) is 17.8 Å². The lowest BCUT2D eigenvalue weighted by atomic mass is 9.69. The quantitative estimate of drug-likeness (QED) is 0.706. The van der Waals surface area contributed by atoms with Crippen molar-refractivity contribution in [3.05, 3.63) is 23.8 Å². The predicted molar refractivity (Wildman–Crippen MR) is 117 cm³/mol. The monoisotopic (exact) mass is 416 g/mol. The van der Waals surface area contributed by atoms with Crippen molar-refractivity contribution >= 4 is 11.8 Å². The Morgan fingerprint density at radius 3 is 2.17 bits per heavy atom. The van der Waals surface area contributed by atoms with E-state index < -0.39 is 6.04 Å². The normalized spacial score (nSPS) is 24.5. The molecule has 0 aromatic heterocycles. The van der Waals surface area contributed by atoms with Gasteiger partial charge in [-0.25, -0.2) is 0 Å². The molecule has 0 heterocycles. The summed E-state index contributed by atoms with van der Waals surface area (Å²) in [5.41, 5.74) is 0.410. The molecule has 0 bridgehead atoms. The molecule has 30 heavy (non-hydrogen) atoms. The van der Waals surface area contributed by atoms with Gasteiger partial charge in [-0.15, -0.1) is 0 Å². The number of ether oxygens (including phenoxy) is 2. The highest BCUT2D eigenvalue weighted by atomic mass is 16.5. The van der Waals surface area contributed by atoms with Crippen LogP contribution in [-0.2, 0) is 4.79 Å². The summed E-state index contributed by atoms with van der Waals surface area (Å²) >= 11 is 0. The van der Waals surface area contributed by atoms with Crippen LogP contribution in [0.3, 0.4) is 0 Å². The number of benzene rings is 1. The molecular formula is C24H36N2O4. The van der Waals surface area contributed by atoms with Gasteiger partial charge in [0.25, 0.3) is 5.91 Å². The number of carbonyl (C=O) groups excluding carboxylic acids is 2. The first kappa shape index (κ1) is 22.4. The molecule has 0 radical (unpaired) electrons. The van der Waals surface area contributed by atoms with Crippen molar-refractivity contribution in [1.82, 2.24) is 10.6 Å². The maximum atomic E-state index is 13.1. The summed E-state index contributed by atoms with van der Waals surface area (Å²) in [6, 6.07) is 4.64. The smallest absolute Gasteiger partial charge is 0.252 e. The van der Waals surface area contributed by atoms with E-state index in [2.05, 4.69) is 10.6 Å². The van der Waals surface area contributed by atoms with Crippen molar-refractivity contribution in [2.24, 2.45) is 17.8 Å². The minimum absolute atomic E-state index is 0.0209. The molecule has 2 fully saturated rings. The molecule has 0 spiro atoms. The van der Waals surface area contributed by atoms with Crippen LogP contribution >= 0.6 is 0 Å². The number of nitrogens with one attached hydrogen (secondary N) is 2. The molecule has 6 heteroatoms. The van der Waals surface area contributed by atoms with Gasteiger partial charge < -0.3 is 20.1 Å². The highest BCUT2D eigenvalue weighted by Crippen LogP contribution is 2.40. The number of rotatable bonds is 7. The second-order valence-electron chi connectivity index (χ2n) is 9.12. The van der Waals surface area contributed by atoms with E-state index >= 15 is 0 Å². The largest absolute Gasteiger partial charge is 0.497 e. The SMILES string of the molecule is COc1cc(OC)cc(C(=O)N[C@@H](C(=O)NC2CCC3CCCCC3C2)C(C)C)c1. The van der Waals surface area contributed by atoms with E-state index in [0.29, 0.717) is 17.1 Å². The second-order valence-corrected chi connectivity index (χ2v) is 9.12. The lowest BCUT2D eigenvalue weighted by molar-refractivity contribution is -0.125. The summed E-state index contributed by atoms with van der Waals surface area (Å²) in [5.74, 6) is 2.24. The number of hydrogen-bond donors (Lipinski definition) is 2. The summed E-state index contributed by atoms with van der Waals surface area (Å²) in [6.07, 6.45) is 8.63. The van der Waals surface area contributed by atoms with Crippen molar-refractivity contribution in [2.75, 3.05) is 14.2 Å². The van der Waals surface area contributed by atoms with E-state index in [-0.39, 0.29) is 23.8 Å². The second kappa shape index (κ2) is 10.2. The van der Waals surface area contributed by atoms with Crippen LogP contribution in [0.25, 0.3) is 0 Å².